The van der Waals surface area contributed by atoms with Crippen molar-refractivity contribution in [1.29, 1.82) is 0 Å². The molecule has 0 aliphatic rings. The summed E-state index contributed by atoms with van der Waals surface area (Å²) in [6.07, 6.45) is 7.29. The van der Waals surface area contributed by atoms with Crippen molar-refractivity contribution in [1.82, 2.24) is 0 Å². The number of rotatable bonds is 6. The van der Waals surface area contributed by atoms with Crippen molar-refractivity contribution in [2.24, 2.45) is 0 Å². The third-order valence-electron chi connectivity index (χ3n) is 1.59. The fourth-order valence-electron chi connectivity index (χ4n) is 0.887. The van der Waals surface area contributed by atoms with Gasteiger partial charge < -0.3 is 5.11 Å². The highest BCUT2D eigenvalue weighted by molar-refractivity contribution is 9.12. The molecule has 0 aromatic carbocycles. The van der Waals surface area contributed by atoms with E-state index in [0.717, 1.165) is 12.8 Å². The van der Waals surface area contributed by atoms with Crippen molar-refractivity contribution >= 4 is 21.9 Å². The highest BCUT2D eigenvalue weighted by Crippen LogP contribution is 2.09. The van der Waals surface area contributed by atoms with Crippen LogP contribution < -0.4 is 0 Å². The minimum Gasteiger partial charge on any atom is -0.477 e. The lowest BCUT2D eigenvalue weighted by Crippen LogP contribution is -1.92. The molecule has 3 heteroatoms. The van der Waals surface area contributed by atoms with E-state index < -0.39 is 5.97 Å². The Bertz CT molecular complexity index is 164. The lowest BCUT2D eigenvalue weighted by Gasteiger charge is -1.94. The van der Waals surface area contributed by atoms with Crippen LogP contribution in [0.15, 0.2) is 10.6 Å². The molecule has 0 aliphatic carbocycles. The van der Waals surface area contributed by atoms with Gasteiger partial charge in [0.05, 0.1) is 4.48 Å². The monoisotopic (exact) mass is 234 g/mol. The average molecular weight is 235 g/mol. The standard InChI is InChI=1S/C9H15BrO2/c1-2-3-4-5-6-7-8(10)9(11)12/h7H,2-6H2,1H3,(H,11,12). The number of hydrogen-bond acceptors (Lipinski definition) is 1. The SMILES string of the molecule is CCCCCCC=C(Br)C(=O)O. The van der Waals surface area contributed by atoms with Crippen molar-refractivity contribution in [2.45, 2.75) is 39.0 Å². The summed E-state index contributed by atoms with van der Waals surface area (Å²) in [5.41, 5.74) is 0. The van der Waals surface area contributed by atoms with Crippen molar-refractivity contribution in [2.75, 3.05) is 0 Å². The fourth-order valence-corrected chi connectivity index (χ4v) is 1.12. The molecule has 0 amide bonds. The summed E-state index contributed by atoms with van der Waals surface area (Å²) >= 11 is 2.97. The minimum absolute atomic E-state index is 0.277. The summed E-state index contributed by atoms with van der Waals surface area (Å²) in [5, 5.41) is 8.47. The van der Waals surface area contributed by atoms with E-state index >= 15 is 0 Å². The molecule has 1 N–H and O–H groups in total. The zero-order valence-corrected chi connectivity index (χ0v) is 8.93. The topological polar surface area (TPSA) is 37.3 Å². The van der Waals surface area contributed by atoms with Gasteiger partial charge in [-0.05, 0) is 28.8 Å². The number of aliphatic carboxylic acids is 1. The van der Waals surface area contributed by atoms with Gasteiger partial charge in [-0.2, -0.15) is 0 Å². The first-order chi connectivity index (χ1) is 5.68. The molecule has 0 atom stereocenters. The molecule has 0 aromatic rings. The van der Waals surface area contributed by atoms with Crippen LogP contribution in [0.1, 0.15) is 39.0 Å². The van der Waals surface area contributed by atoms with Gasteiger partial charge in [-0.3, -0.25) is 0 Å². The zero-order valence-electron chi connectivity index (χ0n) is 7.35. The Hall–Kier alpha value is -0.310. The number of carboxylic acid groups (broad SMARTS) is 1. The molecule has 70 valence electrons. The van der Waals surface area contributed by atoms with Crippen LogP contribution in [0, 0.1) is 0 Å². The highest BCUT2D eigenvalue weighted by Gasteiger charge is 1.99. The lowest BCUT2D eigenvalue weighted by molar-refractivity contribution is -0.131. The second-order valence-corrected chi connectivity index (χ2v) is 3.56. The number of carboxylic acids is 1. The summed E-state index contributed by atoms with van der Waals surface area (Å²) in [6.45, 7) is 2.16. The summed E-state index contributed by atoms with van der Waals surface area (Å²) in [7, 11) is 0. The fraction of sp³-hybridized carbons (Fsp3) is 0.667. The maximum absolute atomic E-state index is 10.3. The van der Waals surface area contributed by atoms with Crippen LogP contribution in [-0.4, -0.2) is 11.1 Å². The molecule has 12 heavy (non-hydrogen) atoms. The van der Waals surface area contributed by atoms with E-state index in [2.05, 4.69) is 22.9 Å². The molecule has 0 unspecified atom stereocenters. The number of hydrogen-bond donors (Lipinski definition) is 1. The van der Waals surface area contributed by atoms with Gasteiger partial charge in [0.15, 0.2) is 0 Å². The van der Waals surface area contributed by atoms with E-state index in [4.69, 9.17) is 5.11 Å². The van der Waals surface area contributed by atoms with Crippen LogP contribution in [0.5, 0.6) is 0 Å². The van der Waals surface area contributed by atoms with Gasteiger partial charge in [0.2, 0.25) is 0 Å². The predicted octanol–water partition coefficient (Wildman–Crippen LogP) is 3.32. The summed E-state index contributed by atoms with van der Waals surface area (Å²) < 4.78 is 0.277. The molecule has 0 aliphatic heterocycles. The van der Waals surface area contributed by atoms with E-state index in [0.29, 0.717) is 0 Å². The number of halogens is 1. The van der Waals surface area contributed by atoms with Crippen LogP contribution in [0.3, 0.4) is 0 Å². The van der Waals surface area contributed by atoms with Gasteiger partial charge in [0.25, 0.3) is 0 Å². The second-order valence-electron chi connectivity index (χ2n) is 2.71. The molecule has 0 rings (SSSR count). The van der Waals surface area contributed by atoms with Crippen LogP contribution >= 0.6 is 15.9 Å². The molecule has 0 aromatic heterocycles. The first kappa shape index (κ1) is 11.7. The molecule has 0 radical (unpaired) electrons. The summed E-state index contributed by atoms with van der Waals surface area (Å²) in [6, 6.07) is 0. The third-order valence-corrected chi connectivity index (χ3v) is 2.25. The van der Waals surface area contributed by atoms with E-state index in [1.54, 1.807) is 6.08 Å². The molecule has 0 spiro atoms. The second kappa shape index (κ2) is 7.35. The first-order valence-corrected chi connectivity index (χ1v) is 5.06. The van der Waals surface area contributed by atoms with Crippen molar-refractivity contribution < 1.29 is 9.90 Å². The minimum atomic E-state index is -0.884. The quantitative estimate of drug-likeness (QED) is 0.566. The molecule has 0 heterocycles. The molecule has 0 saturated heterocycles. The highest BCUT2D eigenvalue weighted by atomic mass is 79.9. The van der Waals surface area contributed by atoms with E-state index in [1.807, 2.05) is 0 Å². The Balaban J connectivity index is 3.40. The lowest BCUT2D eigenvalue weighted by atomic mass is 10.1. The van der Waals surface area contributed by atoms with E-state index in [1.165, 1.54) is 19.3 Å². The largest absolute Gasteiger partial charge is 0.477 e. The van der Waals surface area contributed by atoms with Gasteiger partial charge >= 0.3 is 5.97 Å². The number of carbonyl (C=O) groups is 1. The van der Waals surface area contributed by atoms with Crippen LogP contribution in [-0.2, 0) is 4.79 Å². The Morgan fingerprint density at radius 3 is 2.58 bits per heavy atom. The van der Waals surface area contributed by atoms with Gasteiger partial charge in [-0.25, -0.2) is 4.79 Å². The number of allylic oxidation sites excluding steroid dienone is 1. The van der Waals surface area contributed by atoms with Crippen molar-refractivity contribution in [3.05, 3.63) is 10.6 Å². The molecule has 0 saturated carbocycles. The normalized spacial score (nSPS) is 11.7. The zero-order chi connectivity index (χ0) is 9.40. The van der Waals surface area contributed by atoms with Crippen LogP contribution in [0.4, 0.5) is 0 Å². The van der Waals surface area contributed by atoms with E-state index in [-0.39, 0.29) is 4.48 Å². The smallest absolute Gasteiger partial charge is 0.342 e. The van der Waals surface area contributed by atoms with Crippen molar-refractivity contribution in [3.63, 3.8) is 0 Å². The van der Waals surface area contributed by atoms with Crippen LogP contribution in [0.25, 0.3) is 0 Å². The molecule has 0 fully saturated rings. The van der Waals surface area contributed by atoms with Crippen LogP contribution in [0.2, 0.25) is 0 Å². The van der Waals surface area contributed by atoms with Gasteiger partial charge in [-0.1, -0.05) is 32.3 Å². The molecular formula is C9H15BrO2. The molecule has 0 bridgehead atoms. The Morgan fingerprint density at radius 2 is 2.08 bits per heavy atom. The van der Waals surface area contributed by atoms with Gasteiger partial charge in [0, 0.05) is 0 Å². The average Bonchev–Trinajstić information content (AvgIpc) is 2.03. The Labute approximate surface area is 81.8 Å². The molecule has 2 nitrogen and oxygen atoms in total. The first-order valence-electron chi connectivity index (χ1n) is 4.27. The summed E-state index contributed by atoms with van der Waals surface area (Å²) in [5.74, 6) is -0.884. The Morgan fingerprint density at radius 1 is 1.42 bits per heavy atom. The third kappa shape index (κ3) is 6.40. The van der Waals surface area contributed by atoms with Gasteiger partial charge in [-0.15, -0.1) is 0 Å². The van der Waals surface area contributed by atoms with Gasteiger partial charge in [0.1, 0.15) is 0 Å². The molecular weight excluding hydrogens is 220 g/mol. The summed E-state index contributed by atoms with van der Waals surface area (Å²) in [4.78, 5) is 10.3. The predicted molar refractivity (Wildman–Crippen MR) is 53.4 cm³/mol. The maximum atomic E-state index is 10.3. The Kier molecular flexibility index (Phi) is 7.16. The maximum Gasteiger partial charge on any atom is 0.342 e. The van der Waals surface area contributed by atoms with E-state index in [9.17, 15) is 4.79 Å². The van der Waals surface area contributed by atoms with Crippen molar-refractivity contribution in [3.8, 4) is 0 Å². The number of unbranched alkanes of at least 4 members (excludes halogenated alkanes) is 4.